The molecule has 0 heterocycles. The van der Waals surface area contributed by atoms with Crippen molar-refractivity contribution in [2.75, 3.05) is 13.1 Å². The molecule has 1 rings (SSSR count). The summed E-state index contributed by atoms with van der Waals surface area (Å²) in [6.07, 6.45) is 34.5. The Balaban J connectivity index is 2.06. The zero-order valence-electron chi connectivity index (χ0n) is 24.9. The molecule has 1 heteroatoms. The monoisotopic (exact) mass is 500 g/mol. The van der Waals surface area contributed by atoms with Gasteiger partial charge in [-0.3, -0.25) is 4.90 Å². The van der Waals surface area contributed by atoms with Crippen molar-refractivity contribution in [1.82, 2.24) is 4.90 Å². The molecule has 36 heavy (non-hydrogen) atoms. The summed E-state index contributed by atoms with van der Waals surface area (Å²) in [4.78, 5) is 2.74. The Morgan fingerprint density at radius 1 is 0.389 bits per heavy atom. The van der Waals surface area contributed by atoms with Gasteiger partial charge in [0, 0.05) is 6.54 Å². The minimum Gasteiger partial charge on any atom is -0.299 e. The van der Waals surface area contributed by atoms with E-state index in [0.29, 0.717) is 0 Å². The van der Waals surface area contributed by atoms with Crippen LogP contribution in [0.2, 0.25) is 0 Å². The fraction of sp³-hybridized carbons (Fsp3) is 0.829. The summed E-state index contributed by atoms with van der Waals surface area (Å²) >= 11 is 0. The van der Waals surface area contributed by atoms with E-state index in [0.717, 1.165) is 6.54 Å². The van der Waals surface area contributed by atoms with Crippen LogP contribution in [0.15, 0.2) is 30.3 Å². The summed E-state index contributed by atoms with van der Waals surface area (Å²) in [5.74, 6) is 0. The van der Waals surface area contributed by atoms with Gasteiger partial charge in [-0.15, -0.1) is 0 Å². The summed E-state index contributed by atoms with van der Waals surface area (Å²) in [7, 11) is 0. The lowest BCUT2D eigenvalue weighted by molar-refractivity contribution is 0.252. The molecule has 0 aliphatic rings. The van der Waals surface area contributed by atoms with Crippen LogP contribution in [-0.2, 0) is 6.54 Å². The van der Waals surface area contributed by atoms with Gasteiger partial charge in [-0.2, -0.15) is 0 Å². The van der Waals surface area contributed by atoms with Gasteiger partial charge in [0.25, 0.3) is 0 Å². The molecule has 0 aliphatic heterocycles. The zero-order valence-corrected chi connectivity index (χ0v) is 24.9. The number of hydrogen-bond donors (Lipinski definition) is 0. The maximum Gasteiger partial charge on any atom is 0.0233 e. The molecule has 0 saturated carbocycles. The predicted octanol–water partition coefficient (Wildman–Crippen LogP) is 11.9. The highest BCUT2D eigenvalue weighted by atomic mass is 15.1. The Morgan fingerprint density at radius 3 is 1.03 bits per heavy atom. The first-order chi connectivity index (χ1) is 17.9. The third-order valence-electron chi connectivity index (χ3n) is 7.90. The Kier molecular flexibility index (Phi) is 25.1. The van der Waals surface area contributed by atoms with Gasteiger partial charge in [0.2, 0.25) is 0 Å². The molecule has 210 valence electrons. The van der Waals surface area contributed by atoms with E-state index in [1.165, 1.54) is 173 Å². The number of unbranched alkanes of at least 4 members (excludes halogenated alkanes) is 22. The molecule has 0 bridgehead atoms. The minimum atomic E-state index is 1.14. The molecule has 0 fully saturated rings. The molecule has 0 amide bonds. The topological polar surface area (TPSA) is 3.24 Å². The molecular formula is C35H65N. The van der Waals surface area contributed by atoms with E-state index >= 15 is 0 Å². The third kappa shape index (κ3) is 22.4. The van der Waals surface area contributed by atoms with Gasteiger partial charge in [-0.05, 0) is 31.5 Å². The summed E-state index contributed by atoms with van der Waals surface area (Å²) in [6.45, 7) is 8.31. The lowest BCUT2D eigenvalue weighted by Crippen LogP contribution is -2.25. The van der Waals surface area contributed by atoms with Gasteiger partial charge < -0.3 is 0 Å². The lowest BCUT2D eigenvalue weighted by Gasteiger charge is -2.22. The molecule has 1 nitrogen and oxygen atoms in total. The highest BCUT2D eigenvalue weighted by Gasteiger charge is 2.06. The molecule has 0 radical (unpaired) electrons. The number of nitrogens with zero attached hydrogens (tertiary/aromatic N) is 1. The first-order valence-electron chi connectivity index (χ1n) is 16.6. The van der Waals surface area contributed by atoms with Crippen molar-refractivity contribution >= 4 is 0 Å². The first kappa shape index (κ1) is 33.2. The molecule has 1 aromatic carbocycles. The highest BCUT2D eigenvalue weighted by Crippen LogP contribution is 2.15. The fourth-order valence-electron chi connectivity index (χ4n) is 5.46. The second-order valence-corrected chi connectivity index (χ2v) is 11.5. The SMILES string of the molecule is CCCCCCCCCCCCCCN(CCCCCCCCCCCCCC)Cc1ccccc1. The standard InChI is InChI=1S/C35H65N/c1-3-5-7-9-11-13-15-17-19-21-23-28-32-36(34-35-30-26-25-27-31-35)33-29-24-22-20-18-16-14-12-10-8-6-4-2/h25-27,30-31H,3-24,28-29,32-34H2,1-2H3. The van der Waals surface area contributed by atoms with Crippen LogP contribution in [0.1, 0.15) is 174 Å². The highest BCUT2D eigenvalue weighted by molar-refractivity contribution is 5.14. The molecule has 0 saturated heterocycles. The number of benzene rings is 1. The van der Waals surface area contributed by atoms with Crippen molar-refractivity contribution in [2.24, 2.45) is 0 Å². The second-order valence-electron chi connectivity index (χ2n) is 11.5. The molecule has 0 aromatic heterocycles. The average Bonchev–Trinajstić information content (AvgIpc) is 2.90. The van der Waals surface area contributed by atoms with E-state index in [1.807, 2.05) is 0 Å². The first-order valence-corrected chi connectivity index (χ1v) is 16.6. The molecule has 0 unspecified atom stereocenters. The van der Waals surface area contributed by atoms with E-state index in [2.05, 4.69) is 49.1 Å². The maximum atomic E-state index is 2.74. The molecule has 1 aromatic rings. The van der Waals surface area contributed by atoms with Gasteiger partial charge in [0.05, 0.1) is 0 Å². The van der Waals surface area contributed by atoms with E-state index in [-0.39, 0.29) is 0 Å². The van der Waals surface area contributed by atoms with E-state index in [1.54, 1.807) is 0 Å². The van der Waals surface area contributed by atoms with Crippen molar-refractivity contribution in [3.8, 4) is 0 Å². The van der Waals surface area contributed by atoms with Crippen LogP contribution in [-0.4, -0.2) is 18.0 Å². The van der Waals surface area contributed by atoms with Crippen molar-refractivity contribution in [3.63, 3.8) is 0 Å². The zero-order chi connectivity index (χ0) is 25.8. The van der Waals surface area contributed by atoms with Gasteiger partial charge in [-0.25, -0.2) is 0 Å². The Hall–Kier alpha value is -0.820. The molecule has 0 spiro atoms. The van der Waals surface area contributed by atoms with E-state index < -0.39 is 0 Å². The van der Waals surface area contributed by atoms with Gasteiger partial charge in [-0.1, -0.05) is 185 Å². The van der Waals surface area contributed by atoms with Crippen molar-refractivity contribution in [2.45, 2.75) is 174 Å². The largest absolute Gasteiger partial charge is 0.299 e. The minimum absolute atomic E-state index is 1.14. The Labute approximate surface area is 228 Å². The summed E-state index contributed by atoms with van der Waals surface area (Å²) in [6, 6.07) is 11.1. The molecule has 0 N–H and O–H groups in total. The normalized spacial score (nSPS) is 11.5. The van der Waals surface area contributed by atoms with Crippen LogP contribution in [0.3, 0.4) is 0 Å². The second kappa shape index (κ2) is 27.2. The van der Waals surface area contributed by atoms with Crippen molar-refractivity contribution in [3.05, 3.63) is 35.9 Å². The Bertz CT molecular complexity index is 497. The van der Waals surface area contributed by atoms with E-state index in [9.17, 15) is 0 Å². The number of hydrogen-bond acceptors (Lipinski definition) is 1. The van der Waals surface area contributed by atoms with E-state index in [4.69, 9.17) is 0 Å². The van der Waals surface area contributed by atoms with Crippen molar-refractivity contribution in [1.29, 1.82) is 0 Å². The van der Waals surface area contributed by atoms with Gasteiger partial charge >= 0.3 is 0 Å². The van der Waals surface area contributed by atoms with Crippen LogP contribution in [0.5, 0.6) is 0 Å². The van der Waals surface area contributed by atoms with Crippen molar-refractivity contribution < 1.29 is 0 Å². The van der Waals surface area contributed by atoms with Crippen LogP contribution >= 0.6 is 0 Å². The van der Waals surface area contributed by atoms with Crippen LogP contribution in [0, 0.1) is 0 Å². The summed E-state index contributed by atoms with van der Waals surface area (Å²) in [5, 5.41) is 0. The summed E-state index contributed by atoms with van der Waals surface area (Å²) in [5.41, 5.74) is 1.48. The Morgan fingerprint density at radius 2 is 0.694 bits per heavy atom. The lowest BCUT2D eigenvalue weighted by atomic mass is 10.0. The van der Waals surface area contributed by atoms with Gasteiger partial charge in [0.15, 0.2) is 0 Å². The molecule has 0 atom stereocenters. The summed E-state index contributed by atoms with van der Waals surface area (Å²) < 4.78 is 0. The predicted molar refractivity (Wildman–Crippen MR) is 164 cm³/mol. The van der Waals surface area contributed by atoms with Gasteiger partial charge in [0.1, 0.15) is 0 Å². The quantitative estimate of drug-likeness (QED) is 0.104. The fourth-order valence-corrected chi connectivity index (χ4v) is 5.46. The molecule has 0 aliphatic carbocycles. The molecular weight excluding hydrogens is 434 g/mol. The van der Waals surface area contributed by atoms with Crippen LogP contribution in [0.25, 0.3) is 0 Å². The number of rotatable bonds is 28. The smallest absolute Gasteiger partial charge is 0.0233 e. The van der Waals surface area contributed by atoms with Crippen LogP contribution < -0.4 is 0 Å². The van der Waals surface area contributed by atoms with Crippen LogP contribution in [0.4, 0.5) is 0 Å². The maximum absolute atomic E-state index is 2.74. The average molecular weight is 500 g/mol. The third-order valence-corrected chi connectivity index (χ3v) is 7.90.